The van der Waals surface area contributed by atoms with Crippen LogP contribution in [0.3, 0.4) is 0 Å². The Balaban J connectivity index is 2.26. The van der Waals surface area contributed by atoms with Crippen LogP contribution in [0.2, 0.25) is 0 Å². The van der Waals surface area contributed by atoms with Crippen LogP contribution in [0.5, 0.6) is 0 Å². The van der Waals surface area contributed by atoms with Crippen molar-refractivity contribution in [2.24, 2.45) is 5.92 Å². The zero-order chi connectivity index (χ0) is 6.69. The molecule has 9 heavy (non-hydrogen) atoms. The molecular weight excluding hydrogens is 223 g/mol. The quantitative estimate of drug-likeness (QED) is 0.445. The van der Waals surface area contributed by atoms with Crippen molar-refractivity contribution in [3.05, 3.63) is 9.66 Å². The molecular formula is C8H14I-. The van der Waals surface area contributed by atoms with Gasteiger partial charge in [0.1, 0.15) is 0 Å². The molecule has 0 fully saturated rings. The Morgan fingerprint density at radius 2 is 2.44 bits per heavy atom. The minimum atomic E-state index is 0.508. The predicted octanol–water partition coefficient (Wildman–Crippen LogP) is -0.591. The molecule has 1 heterocycles. The zero-order valence-corrected chi connectivity index (χ0v) is 8.31. The number of halogens is 1. The van der Waals surface area contributed by atoms with E-state index in [1.165, 1.54) is 17.3 Å². The van der Waals surface area contributed by atoms with Crippen LogP contribution in [0.4, 0.5) is 0 Å². The van der Waals surface area contributed by atoms with Crippen LogP contribution in [-0.2, 0) is 0 Å². The molecule has 0 aromatic carbocycles. The average molecular weight is 237 g/mol. The summed E-state index contributed by atoms with van der Waals surface area (Å²) in [5.41, 5.74) is 1.75. The molecule has 0 radical (unpaired) electrons. The first kappa shape index (κ1) is 7.58. The first-order valence-electron chi connectivity index (χ1n) is 3.54. The van der Waals surface area contributed by atoms with Gasteiger partial charge in [-0.2, -0.15) is 0 Å². The Labute approximate surface area is 68.0 Å². The second-order valence-electron chi connectivity index (χ2n) is 2.96. The van der Waals surface area contributed by atoms with Gasteiger partial charge in [-0.15, -0.1) is 0 Å². The van der Waals surface area contributed by atoms with E-state index in [9.17, 15) is 0 Å². The molecule has 1 aliphatic rings. The summed E-state index contributed by atoms with van der Waals surface area (Å²) in [6.07, 6.45) is 2.78. The summed E-state index contributed by atoms with van der Waals surface area (Å²) in [4.78, 5) is 0. The van der Waals surface area contributed by atoms with E-state index in [1.807, 2.05) is 0 Å². The number of hydrogen-bond donors (Lipinski definition) is 0. The molecule has 0 atom stereocenters. The van der Waals surface area contributed by atoms with Crippen LogP contribution in [0.1, 0.15) is 26.7 Å². The molecule has 0 aromatic heterocycles. The van der Waals surface area contributed by atoms with E-state index in [0.29, 0.717) is 21.2 Å². The van der Waals surface area contributed by atoms with Crippen molar-refractivity contribution in [1.82, 2.24) is 0 Å². The Bertz CT molecular complexity index is 114. The summed E-state index contributed by atoms with van der Waals surface area (Å²) < 4.78 is 4.04. The third-order valence-electron chi connectivity index (χ3n) is 1.43. The van der Waals surface area contributed by atoms with Crippen LogP contribution < -0.4 is 21.2 Å². The molecule has 0 aliphatic carbocycles. The maximum atomic E-state index is 2.53. The fourth-order valence-corrected chi connectivity index (χ4v) is 3.57. The molecule has 0 unspecified atom stereocenters. The number of alkyl halides is 1. The molecule has 54 valence electrons. The van der Waals surface area contributed by atoms with Crippen LogP contribution >= 0.6 is 0 Å². The predicted molar refractivity (Wildman–Crippen MR) is 37.0 cm³/mol. The van der Waals surface area contributed by atoms with Crippen molar-refractivity contribution >= 4 is 0 Å². The molecule has 0 saturated carbocycles. The van der Waals surface area contributed by atoms with Gasteiger partial charge in [0.05, 0.1) is 0 Å². The Hall–Kier alpha value is 0.470. The number of allylic oxidation sites excluding steroid dienone is 1. The maximum absolute atomic E-state index is 2.53. The summed E-state index contributed by atoms with van der Waals surface area (Å²) in [6.45, 7) is 4.61. The molecule has 1 rings (SSSR count). The Kier molecular flexibility index (Phi) is 3.02. The van der Waals surface area contributed by atoms with E-state index >= 15 is 0 Å². The second kappa shape index (κ2) is 3.59. The van der Waals surface area contributed by atoms with Crippen molar-refractivity contribution in [2.75, 3.05) is 4.43 Å². The Morgan fingerprint density at radius 3 is 2.89 bits per heavy atom. The van der Waals surface area contributed by atoms with Gasteiger partial charge < -0.3 is 0 Å². The third-order valence-corrected chi connectivity index (χ3v) is 3.91. The molecule has 0 amide bonds. The first-order chi connectivity index (χ1) is 4.29. The van der Waals surface area contributed by atoms with E-state index in [4.69, 9.17) is 0 Å². The van der Waals surface area contributed by atoms with E-state index in [2.05, 4.69) is 17.9 Å². The summed E-state index contributed by atoms with van der Waals surface area (Å²) in [7, 11) is 0. The van der Waals surface area contributed by atoms with Gasteiger partial charge in [0, 0.05) is 0 Å². The minimum absolute atomic E-state index is 0.508. The van der Waals surface area contributed by atoms with Gasteiger partial charge in [0.25, 0.3) is 0 Å². The van der Waals surface area contributed by atoms with Crippen LogP contribution in [0.25, 0.3) is 0 Å². The molecule has 1 aliphatic heterocycles. The van der Waals surface area contributed by atoms with E-state index in [-0.39, 0.29) is 0 Å². The van der Waals surface area contributed by atoms with Gasteiger partial charge in [0.15, 0.2) is 0 Å². The summed E-state index contributed by atoms with van der Waals surface area (Å²) in [6, 6.07) is 0. The van der Waals surface area contributed by atoms with Gasteiger partial charge in [0.2, 0.25) is 0 Å². The second-order valence-corrected chi connectivity index (χ2v) is 5.54. The van der Waals surface area contributed by atoms with Crippen molar-refractivity contribution in [3.8, 4) is 0 Å². The van der Waals surface area contributed by atoms with Crippen molar-refractivity contribution in [1.29, 1.82) is 0 Å². The first-order valence-corrected chi connectivity index (χ1v) is 6.32. The zero-order valence-electron chi connectivity index (χ0n) is 6.15. The van der Waals surface area contributed by atoms with E-state index in [0.717, 1.165) is 5.92 Å². The molecule has 0 saturated heterocycles. The summed E-state index contributed by atoms with van der Waals surface area (Å²) in [5.74, 6) is 0.873. The fraction of sp³-hybridized carbons (Fsp3) is 0.750. The Morgan fingerprint density at radius 1 is 1.67 bits per heavy atom. The monoisotopic (exact) mass is 237 g/mol. The molecule has 1 heteroatoms. The average Bonchev–Trinajstić information content (AvgIpc) is 2.15. The summed E-state index contributed by atoms with van der Waals surface area (Å²) >= 11 is 0.508. The molecule has 0 nitrogen and oxygen atoms in total. The van der Waals surface area contributed by atoms with E-state index in [1.54, 1.807) is 5.57 Å². The van der Waals surface area contributed by atoms with Gasteiger partial charge in [-0.25, -0.2) is 0 Å². The molecule has 0 bridgehead atoms. The van der Waals surface area contributed by atoms with Crippen molar-refractivity contribution < 1.29 is 21.2 Å². The third kappa shape index (κ3) is 2.70. The molecule has 0 N–H and O–H groups in total. The van der Waals surface area contributed by atoms with Gasteiger partial charge in [-0.1, -0.05) is 0 Å². The molecule has 0 spiro atoms. The van der Waals surface area contributed by atoms with E-state index < -0.39 is 0 Å². The van der Waals surface area contributed by atoms with Gasteiger partial charge >= 0.3 is 67.9 Å². The standard InChI is InChI=1S/C8H14I/c1-7(2)5-8-3-4-9-6-8/h6-7H,3-5H2,1-2H3/q-1. The fourth-order valence-electron chi connectivity index (χ4n) is 1.07. The molecule has 0 aromatic rings. The topological polar surface area (TPSA) is 0 Å². The van der Waals surface area contributed by atoms with Crippen molar-refractivity contribution in [2.45, 2.75) is 26.7 Å². The van der Waals surface area contributed by atoms with Gasteiger partial charge in [-0.05, 0) is 0 Å². The van der Waals surface area contributed by atoms with Crippen LogP contribution in [0, 0.1) is 5.92 Å². The number of rotatable bonds is 2. The SMILES string of the molecule is CC(C)CC1=C[I-]CC1. The number of hydrogen-bond acceptors (Lipinski definition) is 0. The normalized spacial score (nSPS) is 19.7. The van der Waals surface area contributed by atoms with Crippen LogP contribution in [-0.4, -0.2) is 4.43 Å². The van der Waals surface area contributed by atoms with Gasteiger partial charge in [-0.3, -0.25) is 0 Å². The van der Waals surface area contributed by atoms with Crippen molar-refractivity contribution in [3.63, 3.8) is 0 Å². The van der Waals surface area contributed by atoms with Crippen LogP contribution in [0.15, 0.2) is 9.66 Å². The summed E-state index contributed by atoms with van der Waals surface area (Å²) in [5, 5.41) is 0.